The summed E-state index contributed by atoms with van der Waals surface area (Å²) in [5, 5.41) is 2.32. The van der Waals surface area contributed by atoms with Crippen LogP contribution < -0.4 is 19.7 Å². The van der Waals surface area contributed by atoms with Gasteiger partial charge in [0.05, 0.1) is 33.7 Å². The van der Waals surface area contributed by atoms with E-state index in [0.717, 1.165) is 78.7 Å². The molecule has 11 rings (SSSR count). The highest BCUT2D eigenvalue weighted by Crippen LogP contribution is 2.40. The molecule has 0 spiro atoms. The van der Waals surface area contributed by atoms with Gasteiger partial charge < -0.3 is 9.55 Å². The third kappa shape index (κ3) is 7.89. The van der Waals surface area contributed by atoms with Crippen molar-refractivity contribution in [1.82, 2.24) is 14.1 Å². The molecule has 0 amide bonds. The molecule has 6 nitrogen and oxygen atoms in total. The van der Waals surface area contributed by atoms with Crippen molar-refractivity contribution in [3.05, 3.63) is 217 Å². The molecule has 1 aliphatic rings. The molecule has 0 aliphatic carbocycles. The highest BCUT2D eigenvalue weighted by molar-refractivity contribution is 6.76. The molecule has 0 atom stereocenters. The Morgan fingerprint density at radius 2 is 1.23 bits per heavy atom. The lowest BCUT2D eigenvalue weighted by Crippen LogP contribution is -2.60. The van der Waals surface area contributed by atoms with Crippen LogP contribution in [0.2, 0.25) is 6.82 Å². The van der Waals surface area contributed by atoms with E-state index in [9.17, 15) is 0 Å². The minimum atomic E-state index is -0.0705. The smallest absolute Gasteiger partial charge is 0.288 e. The van der Waals surface area contributed by atoms with E-state index in [-0.39, 0.29) is 12.3 Å². The third-order valence-corrected chi connectivity index (χ3v) is 14.0. The van der Waals surface area contributed by atoms with Crippen LogP contribution in [-0.4, -0.2) is 21.0 Å². The van der Waals surface area contributed by atoms with Crippen molar-refractivity contribution in [3.63, 3.8) is 0 Å². The normalized spacial score (nSPS) is 12.7. The zero-order chi connectivity index (χ0) is 48.3. The Labute approximate surface area is 412 Å². The lowest BCUT2D eigenvalue weighted by Gasteiger charge is -2.35. The number of aromatic nitrogens is 4. The monoisotopic (exact) mass is 911 g/mol. The molecule has 0 bridgehead atoms. The molecule has 0 saturated heterocycles. The summed E-state index contributed by atoms with van der Waals surface area (Å²) in [6, 6.07) is 62.7. The summed E-state index contributed by atoms with van der Waals surface area (Å²) in [6.07, 6.45) is 10.5. The maximum absolute atomic E-state index is 6.88. The first-order valence-electron chi connectivity index (χ1n) is 24.7. The summed E-state index contributed by atoms with van der Waals surface area (Å²) < 4.78 is 13.7. The number of pyridine rings is 1. The van der Waals surface area contributed by atoms with E-state index >= 15 is 0 Å². The molecule has 344 valence electrons. The van der Waals surface area contributed by atoms with E-state index in [0.29, 0.717) is 11.8 Å². The van der Waals surface area contributed by atoms with Crippen LogP contribution in [0.5, 0.6) is 11.5 Å². The van der Waals surface area contributed by atoms with Gasteiger partial charge in [0.2, 0.25) is 0 Å². The molecule has 70 heavy (non-hydrogen) atoms. The van der Waals surface area contributed by atoms with E-state index in [2.05, 4.69) is 262 Å². The molecule has 1 aliphatic heterocycles. The van der Waals surface area contributed by atoms with Crippen molar-refractivity contribution in [3.8, 4) is 50.9 Å². The molecule has 7 heteroatoms. The molecule has 0 fully saturated rings. The zero-order valence-corrected chi connectivity index (χ0v) is 41.4. The lowest BCUT2D eigenvalue weighted by molar-refractivity contribution is -0.580. The van der Waals surface area contributed by atoms with E-state index in [1.165, 1.54) is 27.8 Å². The zero-order valence-electron chi connectivity index (χ0n) is 41.4. The van der Waals surface area contributed by atoms with Gasteiger partial charge in [-0.25, -0.2) is 4.98 Å². The van der Waals surface area contributed by atoms with Crippen molar-refractivity contribution >= 4 is 46.0 Å². The first-order chi connectivity index (χ1) is 33.9. The standard InChI is InChI=1S/C63H58BN5O/c1-42(2)50-27-18-28-51(43(3)4)61(50)68-37-35-57-62(64(68)8)67(60-52(44-20-11-9-12-21-44)29-19-30-53(60)45-22-13-10-14-23-45)41-66(57)47-24-17-25-48(39-47)70-49-32-33-55-54-26-15-16-31-56(54)69(58(55)40-49)59-38-46(34-36-65-59)63(5,6)7/h9-40,42-43H,1-8H3. The lowest BCUT2D eigenvalue weighted by atomic mass is 9.56. The molecule has 3 aromatic heterocycles. The van der Waals surface area contributed by atoms with Crippen LogP contribution in [0.25, 0.3) is 67.3 Å². The van der Waals surface area contributed by atoms with Gasteiger partial charge in [-0.05, 0) is 117 Å². The Morgan fingerprint density at radius 1 is 0.614 bits per heavy atom. The number of benzene rings is 7. The van der Waals surface area contributed by atoms with Gasteiger partial charge >= 0.3 is 0 Å². The van der Waals surface area contributed by atoms with Crippen LogP contribution in [-0.2, 0) is 5.41 Å². The van der Waals surface area contributed by atoms with Gasteiger partial charge in [-0.3, -0.25) is 13.7 Å². The summed E-state index contributed by atoms with van der Waals surface area (Å²) in [7, 11) is 0. The van der Waals surface area contributed by atoms with Crippen molar-refractivity contribution in [2.45, 2.75) is 72.5 Å². The number of rotatable bonds is 10. The minimum absolute atomic E-state index is 0.0233. The summed E-state index contributed by atoms with van der Waals surface area (Å²) >= 11 is 0. The number of ether oxygens (including phenoxy) is 1. The van der Waals surface area contributed by atoms with Crippen LogP contribution in [0.4, 0.5) is 5.69 Å². The predicted octanol–water partition coefficient (Wildman–Crippen LogP) is 15.0. The minimum Gasteiger partial charge on any atom is -0.458 e. The predicted molar refractivity (Wildman–Crippen MR) is 292 cm³/mol. The molecule has 10 aromatic rings. The quantitative estimate of drug-likeness (QED) is 0.0780. The van der Waals surface area contributed by atoms with Gasteiger partial charge in [0.1, 0.15) is 17.3 Å². The second kappa shape index (κ2) is 17.9. The number of hydrogen-bond acceptors (Lipinski definition) is 3. The van der Waals surface area contributed by atoms with Gasteiger partial charge in [0, 0.05) is 28.7 Å². The Kier molecular flexibility index (Phi) is 11.4. The Hall–Kier alpha value is -7.90. The van der Waals surface area contributed by atoms with Crippen molar-refractivity contribution in [2.75, 3.05) is 4.81 Å². The van der Waals surface area contributed by atoms with Gasteiger partial charge in [-0.1, -0.05) is 177 Å². The Bertz CT molecular complexity index is 3510. The largest absolute Gasteiger partial charge is 0.458 e. The second-order valence-electron chi connectivity index (χ2n) is 20.3. The molecule has 0 unspecified atom stereocenters. The summed E-state index contributed by atoms with van der Waals surface area (Å²) in [6.45, 7) is 18.2. The number of fused-ring (bicyclic) bond motifs is 4. The topological polar surface area (TPSA) is 39.1 Å². The number of anilines is 1. The van der Waals surface area contributed by atoms with Crippen molar-refractivity contribution in [1.29, 1.82) is 0 Å². The fourth-order valence-corrected chi connectivity index (χ4v) is 10.4. The molecular formula is C63H58BN5O. The number of hydrogen-bond donors (Lipinski definition) is 0. The fourth-order valence-electron chi connectivity index (χ4n) is 10.4. The third-order valence-electron chi connectivity index (χ3n) is 14.0. The first-order valence-corrected chi connectivity index (χ1v) is 24.7. The van der Waals surface area contributed by atoms with E-state index in [1.807, 2.05) is 12.3 Å². The van der Waals surface area contributed by atoms with E-state index in [1.54, 1.807) is 0 Å². The van der Waals surface area contributed by atoms with Gasteiger partial charge in [-0.2, -0.15) is 0 Å². The highest BCUT2D eigenvalue weighted by atomic mass is 16.5. The van der Waals surface area contributed by atoms with Gasteiger partial charge in [-0.15, -0.1) is 0 Å². The molecule has 4 heterocycles. The molecule has 0 saturated carbocycles. The molecule has 0 radical (unpaired) electrons. The Morgan fingerprint density at radius 3 is 1.90 bits per heavy atom. The Balaban J connectivity index is 1.08. The first kappa shape index (κ1) is 44.6. The van der Waals surface area contributed by atoms with E-state index in [4.69, 9.17) is 9.72 Å². The van der Waals surface area contributed by atoms with Crippen LogP contribution >= 0.6 is 0 Å². The van der Waals surface area contributed by atoms with Crippen LogP contribution in [0.1, 0.15) is 82.7 Å². The van der Waals surface area contributed by atoms with Crippen molar-refractivity contribution in [2.24, 2.45) is 0 Å². The number of para-hydroxylation sites is 3. The van der Waals surface area contributed by atoms with Gasteiger partial charge in [0.15, 0.2) is 0 Å². The summed E-state index contributed by atoms with van der Waals surface area (Å²) in [5.41, 5.74) is 16.1. The van der Waals surface area contributed by atoms with Crippen molar-refractivity contribution < 1.29 is 9.30 Å². The fraction of sp³-hybridized carbons (Fsp3) is 0.175. The highest BCUT2D eigenvalue weighted by Gasteiger charge is 2.35. The maximum atomic E-state index is 6.88. The van der Waals surface area contributed by atoms with Crippen LogP contribution in [0.15, 0.2) is 188 Å². The SMILES string of the molecule is CB1c2c(n(-c3cccc(Oc4ccc5c6ccccc6n(-c6cc(C(C)(C)C)ccn6)c5c4)c3)[c-][n+]2-c2c(-c3ccccc3)cccc2-c2ccccc2)C=CN1c1c(C(C)C)cccc1C(C)C. The summed E-state index contributed by atoms with van der Waals surface area (Å²) in [5.74, 6) is 3.03. The number of nitrogens with zero attached hydrogens (tertiary/aromatic N) is 5. The van der Waals surface area contributed by atoms with Crippen LogP contribution in [0.3, 0.4) is 0 Å². The summed E-state index contributed by atoms with van der Waals surface area (Å²) in [4.78, 5) is 7.41. The van der Waals surface area contributed by atoms with E-state index < -0.39 is 0 Å². The molecule has 0 N–H and O–H groups in total. The maximum Gasteiger partial charge on any atom is 0.288 e. The van der Waals surface area contributed by atoms with Gasteiger partial charge in [0.25, 0.3) is 13.2 Å². The molecule has 7 aromatic carbocycles. The van der Waals surface area contributed by atoms with Crippen LogP contribution in [0, 0.1) is 6.33 Å². The number of imidazole rings is 1. The second-order valence-corrected chi connectivity index (χ2v) is 20.3. The molecular weight excluding hydrogens is 854 g/mol. The average molecular weight is 912 g/mol. The average Bonchev–Trinajstić information content (AvgIpc) is 3.93.